The zero-order chi connectivity index (χ0) is 15.0. The van der Waals surface area contributed by atoms with Crippen LogP contribution in [0.25, 0.3) is 0 Å². The maximum atomic E-state index is 3.36. The molecule has 3 rings (SSSR count). The molecule has 1 saturated carbocycles. The zero-order valence-electron chi connectivity index (χ0n) is 15.2. The van der Waals surface area contributed by atoms with E-state index in [1.807, 2.05) is 17.7 Å². The molecule has 3 aliphatic carbocycles. The van der Waals surface area contributed by atoms with Crippen LogP contribution >= 0.6 is 24.8 Å². The van der Waals surface area contributed by atoms with Crippen molar-refractivity contribution in [3.05, 3.63) is 52.6 Å². The van der Waals surface area contributed by atoms with Gasteiger partial charge in [0.25, 0.3) is 0 Å². The van der Waals surface area contributed by atoms with Crippen molar-refractivity contribution in [2.45, 2.75) is 59.8 Å². The Bertz CT molecular complexity index is 409. The van der Waals surface area contributed by atoms with Crippen molar-refractivity contribution in [2.24, 2.45) is 5.92 Å². The molecule has 0 heterocycles. The third-order valence-electron chi connectivity index (χ3n) is 4.28. The molecule has 23 heavy (non-hydrogen) atoms. The van der Waals surface area contributed by atoms with E-state index in [2.05, 4.69) is 45.9 Å². The molecule has 3 aliphatic rings. The van der Waals surface area contributed by atoms with E-state index in [1.54, 1.807) is 0 Å². The summed E-state index contributed by atoms with van der Waals surface area (Å²) in [4.78, 5) is 0. The first-order valence-electron chi connectivity index (χ1n) is 7.83. The number of allylic oxidation sites excluding steroid dienone is 8. The topological polar surface area (TPSA) is 0 Å². The van der Waals surface area contributed by atoms with Crippen molar-refractivity contribution in [3.8, 4) is 0 Å². The molecule has 1 atom stereocenters. The third kappa shape index (κ3) is 11.8. The quantitative estimate of drug-likeness (QED) is 0.347. The first kappa shape index (κ1) is 28.4. The van der Waals surface area contributed by atoms with Crippen molar-refractivity contribution in [1.29, 1.82) is 0 Å². The van der Waals surface area contributed by atoms with Crippen LogP contribution in [0.1, 0.15) is 59.8 Å². The second-order valence-corrected chi connectivity index (χ2v) is 7.38. The summed E-state index contributed by atoms with van der Waals surface area (Å²) in [6.07, 6.45) is 19.3. The monoisotopic (exact) mass is 447 g/mol. The normalized spacial score (nSPS) is 21.2. The van der Waals surface area contributed by atoms with Gasteiger partial charge in [-0.15, -0.1) is 48.4 Å². The van der Waals surface area contributed by atoms with Crippen LogP contribution in [0.4, 0.5) is 0 Å². The molecular weight excluding hydrogens is 418 g/mol. The van der Waals surface area contributed by atoms with Crippen molar-refractivity contribution in [1.82, 2.24) is 0 Å². The van der Waals surface area contributed by atoms with E-state index in [-0.39, 0.29) is 51.0 Å². The summed E-state index contributed by atoms with van der Waals surface area (Å²) in [7, 11) is 1.37. The van der Waals surface area contributed by atoms with Crippen LogP contribution < -0.4 is 0 Å². The van der Waals surface area contributed by atoms with Crippen LogP contribution in [-0.4, -0.2) is 10.2 Å². The van der Waals surface area contributed by atoms with Crippen molar-refractivity contribution < 1.29 is 26.2 Å². The van der Waals surface area contributed by atoms with Gasteiger partial charge in [0.15, 0.2) is 0 Å². The predicted molar refractivity (Wildman–Crippen MR) is 108 cm³/mol. The number of halogens is 2. The molecule has 0 nitrogen and oxygen atoms in total. The van der Waals surface area contributed by atoms with Crippen molar-refractivity contribution in [3.63, 3.8) is 0 Å². The summed E-state index contributed by atoms with van der Waals surface area (Å²) < 4.78 is 0. The van der Waals surface area contributed by atoms with Gasteiger partial charge in [0.2, 0.25) is 0 Å². The van der Waals surface area contributed by atoms with Crippen LogP contribution in [0.5, 0.6) is 0 Å². The molecule has 0 aromatic carbocycles. The van der Waals surface area contributed by atoms with Gasteiger partial charge in [-0.25, -0.2) is 17.7 Å². The fraction of sp³-hybridized carbons (Fsp3) is 0.526. The van der Waals surface area contributed by atoms with E-state index in [0.29, 0.717) is 5.92 Å². The van der Waals surface area contributed by atoms with Gasteiger partial charge < -0.3 is 5.54 Å². The van der Waals surface area contributed by atoms with Crippen LogP contribution in [0.3, 0.4) is 0 Å². The summed E-state index contributed by atoms with van der Waals surface area (Å²) in [5.74, 6) is 0.560. The van der Waals surface area contributed by atoms with E-state index in [0.717, 1.165) is 6.42 Å². The Morgan fingerprint density at radius 2 is 1.70 bits per heavy atom. The summed E-state index contributed by atoms with van der Waals surface area (Å²) in [5.41, 5.74) is 6.09. The molecule has 129 valence electrons. The van der Waals surface area contributed by atoms with Crippen molar-refractivity contribution >= 4 is 35.1 Å². The molecule has 0 aliphatic heterocycles. The Balaban J connectivity index is -0.000000255. The van der Waals surface area contributed by atoms with Crippen molar-refractivity contribution in [2.75, 3.05) is 0 Å². The average Bonchev–Trinajstić information content (AvgIpc) is 3.15. The molecule has 0 aromatic heterocycles. The number of hydrogen-bond donors (Lipinski definition) is 0. The van der Waals surface area contributed by atoms with E-state index >= 15 is 0 Å². The minimum Gasteiger partial charge on any atom is -0.321 e. The fourth-order valence-corrected chi connectivity index (χ4v) is 3.19. The van der Waals surface area contributed by atoms with Crippen LogP contribution in [0.2, 0.25) is 0 Å². The molecular formula is C19H31Cl2SiZr. The molecule has 1 fully saturated rings. The fourth-order valence-electron chi connectivity index (χ4n) is 2.48. The smallest absolute Gasteiger partial charge is 0.321 e. The Morgan fingerprint density at radius 1 is 1.13 bits per heavy atom. The summed E-state index contributed by atoms with van der Waals surface area (Å²) in [6.45, 7) is 8.67. The first-order chi connectivity index (χ1) is 9.52. The number of rotatable bonds is 0. The largest absolute Gasteiger partial charge is 3.00 e. The van der Waals surface area contributed by atoms with Gasteiger partial charge in [-0.2, -0.15) is 30.1 Å². The average molecular weight is 450 g/mol. The van der Waals surface area contributed by atoms with E-state index in [1.165, 1.54) is 52.6 Å². The number of hydrogen-bond acceptors (Lipinski definition) is 0. The van der Waals surface area contributed by atoms with Gasteiger partial charge in [0, 0.05) is 0 Å². The Morgan fingerprint density at radius 3 is 1.83 bits per heavy atom. The van der Waals surface area contributed by atoms with Gasteiger partial charge >= 0.3 is 26.2 Å². The minimum atomic E-state index is 0. The molecule has 4 heteroatoms. The molecule has 0 N–H and O–H groups in total. The van der Waals surface area contributed by atoms with Gasteiger partial charge in [0.1, 0.15) is 0 Å². The first-order valence-corrected chi connectivity index (χ1v) is 8.83. The molecule has 0 amide bonds. The van der Waals surface area contributed by atoms with E-state index in [4.69, 9.17) is 0 Å². The molecule has 1 unspecified atom stereocenters. The molecule has 0 aromatic rings. The standard InChI is InChI=1S/C9H13.C5H11Si.C5H5.2ClH.Zr/c1-6-5-7(2)9(4)8(6)3;6-5-3-1-2-4-5;1-2-4-5-3-1;;;/h6H,1-4H3;1-4H2,6H3;1-3H,4H2;2*1H;/q3*-1;;;+3. The maximum absolute atomic E-state index is 3.36. The van der Waals surface area contributed by atoms with Crippen LogP contribution in [0.15, 0.2) is 34.9 Å². The molecule has 0 saturated heterocycles. The van der Waals surface area contributed by atoms with E-state index in [9.17, 15) is 0 Å². The maximum Gasteiger partial charge on any atom is 3.00 e. The molecule has 1 radical (unpaired) electrons. The minimum absolute atomic E-state index is 0. The third-order valence-corrected chi connectivity index (χ3v) is 5.28. The van der Waals surface area contributed by atoms with Gasteiger partial charge in [-0.1, -0.05) is 39.5 Å². The second-order valence-electron chi connectivity index (χ2n) is 5.97. The molecule has 0 spiro atoms. The summed E-state index contributed by atoms with van der Waals surface area (Å²) >= 11 is 0. The predicted octanol–water partition coefficient (Wildman–Crippen LogP) is 5.33. The Hall–Kier alpha value is 0.640. The summed E-state index contributed by atoms with van der Waals surface area (Å²) in [6, 6.07) is 0. The van der Waals surface area contributed by atoms with Gasteiger partial charge in [0.05, 0.1) is 0 Å². The van der Waals surface area contributed by atoms with Gasteiger partial charge in [-0.05, 0) is 0 Å². The van der Waals surface area contributed by atoms with E-state index < -0.39 is 0 Å². The zero-order valence-corrected chi connectivity index (χ0v) is 21.3. The van der Waals surface area contributed by atoms with Crippen LogP contribution in [0, 0.1) is 23.6 Å². The summed E-state index contributed by atoms with van der Waals surface area (Å²) in [5, 5.41) is 0. The van der Waals surface area contributed by atoms with Gasteiger partial charge in [-0.3, -0.25) is 12.2 Å². The SMILES string of the molecule is CC1=[C-]C(C)C(C)=C1C.Cl.Cl.[C-]1=CC=CC1.[SiH3][C-]1CCCC1.[Zr+3]. The Labute approximate surface area is 178 Å². The second kappa shape index (κ2) is 16.1. The molecule has 0 bridgehead atoms. The Kier molecular flexibility index (Phi) is 19.9. The van der Waals surface area contributed by atoms with Crippen LogP contribution in [-0.2, 0) is 26.2 Å².